The van der Waals surface area contributed by atoms with Gasteiger partial charge in [0.05, 0.1) is 11.6 Å². The molecule has 0 spiro atoms. The van der Waals surface area contributed by atoms with Gasteiger partial charge in [0.2, 0.25) is 11.9 Å². The summed E-state index contributed by atoms with van der Waals surface area (Å²) in [5.74, 6) is 1.30. The smallest absolute Gasteiger partial charge is 0.228 e. The number of carbonyl (C=O) groups is 1. The van der Waals surface area contributed by atoms with Crippen LogP contribution >= 0.6 is 0 Å². The molecule has 37 heavy (non-hydrogen) atoms. The molecule has 194 valence electrons. The number of hydrogen-bond acceptors (Lipinski definition) is 9. The molecule has 4 heterocycles. The highest BCUT2D eigenvalue weighted by Crippen LogP contribution is 2.31. The molecule has 2 fully saturated rings. The Morgan fingerprint density at radius 3 is 2.65 bits per heavy atom. The molecule has 10 nitrogen and oxygen atoms in total. The van der Waals surface area contributed by atoms with Crippen molar-refractivity contribution in [2.24, 2.45) is 0 Å². The number of hydrogen-bond donors (Lipinski definition) is 3. The number of benzene rings is 1. The topological polar surface area (TPSA) is 119 Å². The molecule has 0 saturated carbocycles. The molecule has 3 aromatic rings. The summed E-state index contributed by atoms with van der Waals surface area (Å²) in [5.41, 5.74) is 3.27. The Hall–Kier alpha value is -3.79. The number of carbonyl (C=O) groups excluding carboxylic acids is 1. The maximum absolute atomic E-state index is 11.8. The second-order valence-corrected chi connectivity index (χ2v) is 9.63. The van der Waals surface area contributed by atoms with E-state index in [0.717, 1.165) is 35.0 Å². The van der Waals surface area contributed by atoms with Gasteiger partial charge in [0, 0.05) is 70.2 Å². The molecule has 5 rings (SSSR count). The van der Waals surface area contributed by atoms with Crippen LogP contribution in [0.25, 0.3) is 10.9 Å². The van der Waals surface area contributed by atoms with Gasteiger partial charge in [-0.2, -0.15) is 4.98 Å². The summed E-state index contributed by atoms with van der Waals surface area (Å²) in [6, 6.07) is 10.4. The summed E-state index contributed by atoms with van der Waals surface area (Å²) in [5, 5.41) is 16.4. The molecule has 2 aliphatic rings. The van der Waals surface area contributed by atoms with E-state index in [4.69, 9.17) is 20.1 Å². The molecule has 0 unspecified atom stereocenters. The highest BCUT2D eigenvalue weighted by atomic mass is 16.5. The van der Waals surface area contributed by atoms with E-state index in [0.29, 0.717) is 56.9 Å². The van der Waals surface area contributed by atoms with Crippen LogP contribution in [-0.2, 0) is 9.53 Å². The summed E-state index contributed by atoms with van der Waals surface area (Å²) < 4.78 is 5.53. The molecule has 2 aliphatic heterocycles. The van der Waals surface area contributed by atoms with Crippen LogP contribution in [0.4, 0.5) is 17.5 Å². The SMILES string of the molecule is CC(=O)N1CCN(c2nc(C=N)c(NC3CCOCC3)c(N[C@H](C)c3cnc4ccccc4c3)n2)CC1. The van der Waals surface area contributed by atoms with Crippen molar-refractivity contribution in [1.82, 2.24) is 19.9 Å². The van der Waals surface area contributed by atoms with E-state index in [9.17, 15) is 4.79 Å². The van der Waals surface area contributed by atoms with Crippen LogP contribution in [-0.4, -0.2) is 77.4 Å². The molecular weight excluding hydrogens is 468 g/mol. The van der Waals surface area contributed by atoms with Gasteiger partial charge in [0.1, 0.15) is 11.4 Å². The molecule has 1 amide bonds. The van der Waals surface area contributed by atoms with E-state index in [-0.39, 0.29) is 18.0 Å². The highest BCUT2D eigenvalue weighted by Gasteiger charge is 2.25. The number of piperazine rings is 1. The Bertz CT molecular complexity index is 1270. The highest BCUT2D eigenvalue weighted by molar-refractivity contribution is 5.89. The molecule has 10 heteroatoms. The number of nitrogens with zero attached hydrogens (tertiary/aromatic N) is 5. The Balaban J connectivity index is 1.46. The monoisotopic (exact) mass is 502 g/mol. The van der Waals surface area contributed by atoms with E-state index in [2.05, 4.69) is 39.6 Å². The number of anilines is 3. The first-order valence-corrected chi connectivity index (χ1v) is 12.9. The van der Waals surface area contributed by atoms with Crippen molar-refractivity contribution < 1.29 is 9.53 Å². The largest absolute Gasteiger partial charge is 0.381 e. The average Bonchev–Trinajstić information content (AvgIpc) is 2.94. The fraction of sp³-hybridized carbons (Fsp3) is 0.444. The van der Waals surface area contributed by atoms with Gasteiger partial charge >= 0.3 is 0 Å². The Kier molecular flexibility index (Phi) is 7.45. The van der Waals surface area contributed by atoms with Crippen molar-refractivity contribution in [1.29, 1.82) is 5.41 Å². The summed E-state index contributed by atoms with van der Waals surface area (Å²) in [7, 11) is 0. The van der Waals surface area contributed by atoms with Gasteiger partial charge in [-0.15, -0.1) is 0 Å². The van der Waals surface area contributed by atoms with Crippen LogP contribution in [0.2, 0.25) is 0 Å². The van der Waals surface area contributed by atoms with E-state index < -0.39 is 0 Å². The Morgan fingerprint density at radius 1 is 1.16 bits per heavy atom. The molecule has 0 radical (unpaired) electrons. The van der Waals surface area contributed by atoms with Crippen molar-refractivity contribution in [3.05, 3.63) is 47.8 Å². The molecule has 1 atom stereocenters. The van der Waals surface area contributed by atoms with E-state index in [1.807, 2.05) is 29.3 Å². The Labute approximate surface area is 217 Å². The number of ether oxygens (including phenoxy) is 1. The molecule has 2 aromatic heterocycles. The molecular formula is C27H34N8O2. The summed E-state index contributed by atoms with van der Waals surface area (Å²) >= 11 is 0. The minimum absolute atomic E-state index is 0.0803. The van der Waals surface area contributed by atoms with Gasteiger partial charge in [-0.1, -0.05) is 18.2 Å². The van der Waals surface area contributed by atoms with Gasteiger partial charge < -0.3 is 30.6 Å². The zero-order chi connectivity index (χ0) is 25.8. The lowest BCUT2D eigenvalue weighted by Crippen LogP contribution is -2.48. The van der Waals surface area contributed by atoms with Crippen LogP contribution in [0.5, 0.6) is 0 Å². The second-order valence-electron chi connectivity index (χ2n) is 9.63. The quantitative estimate of drug-likeness (QED) is 0.420. The number of aromatic nitrogens is 3. The molecule has 0 bridgehead atoms. The number of amides is 1. The first-order valence-electron chi connectivity index (χ1n) is 12.9. The van der Waals surface area contributed by atoms with Crippen LogP contribution in [0.3, 0.4) is 0 Å². The van der Waals surface area contributed by atoms with E-state index in [1.165, 1.54) is 6.21 Å². The lowest BCUT2D eigenvalue weighted by molar-refractivity contribution is -0.129. The number of fused-ring (bicyclic) bond motifs is 1. The van der Waals surface area contributed by atoms with Crippen LogP contribution in [0.15, 0.2) is 36.5 Å². The predicted molar refractivity (Wildman–Crippen MR) is 146 cm³/mol. The van der Waals surface area contributed by atoms with Gasteiger partial charge in [-0.3, -0.25) is 9.78 Å². The standard InChI is InChI=1S/C27H34N8O2/c1-18(21-15-20-5-3-4-6-23(20)29-17-21)30-26-25(31-22-7-13-37-14-8-22)24(16-28)32-27(33-26)35-11-9-34(10-12-35)19(2)36/h3-6,15-18,22,28,31H,7-14H2,1-2H3,(H,30,32,33)/t18-/m1/s1. The second kappa shape index (κ2) is 11.1. The summed E-state index contributed by atoms with van der Waals surface area (Å²) in [6.45, 7) is 7.65. The fourth-order valence-corrected chi connectivity index (χ4v) is 4.84. The summed E-state index contributed by atoms with van der Waals surface area (Å²) in [6.07, 6.45) is 4.95. The van der Waals surface area contributed by atoms with Crippen LogP contribution in [0.1, 0.15) is 44.0 Å². The Morgan fingerprint density at radius 2 is 1.92 bits per heavy atom. The zero-order valence-corrected chi connectivity index (χ0v) is 21.4. The fourth-order valence-electron chi connectivity index (χ4n) is 4.84. The van der Waals surface area contributed by atoms with Gasteiger partial charge in [-0.05, 0) is 37.5 Å². The predicted octanol–water partition coefficient (Wildman–Crippen LogP) is 3.45. The average molecular weight is 503 g/mol. The number of para-hydroxylation sites is 1. The minimum atomic E-state index is -0.0803. The number of rotatable bonds is 7. The maximum atomic E-state index is 11.8. The van der Waals surface area contributed by atoms with Crippen LogP contribution in [0, 0.1) is 5.41 Å². The van der Waals surface area contributed by atoms with E-state index in [1.54, 1.807) is 6.92 Å². The molecule has 3 N–H and O–H groups in total. The number of pyridine rings is 1. The first-order chi connectivity index (χ1) is 18.0. The van der Waals surface area contributed by atoms with E-state index >= 15 is 0 Å². The van der Waals surface area contributed by atoms with Gasteiger partial charge in [0.25, 0.3) is 0 Å². The van der Waals surface area contributed by atoms with Crippen molar-refractivity contribution in [2.75, 3.05) is 54.9 Å². The maximum Gasteiger partial charge on any atom is 0.228 e. The van der Waals surface area contributed by atoms with Crippen molar-refractivity contribution in [3.8, 4) is 0 Å². The lowest BCUT2D eigenvalue weighted by Gasteiger charge is -2.35. The van der Waals surface area contributed by atoms with Crippen molar-refractivity contribution >= 4 is 40.5 Å². The van der Waals surface area contributed by atoms with Crippen LogP contribution < -0.4 is 15.5 Å². The van der Waals surface area contributed by atoms with Crippen molar-refractivity contribution in [3.63, 3.8) is 0 Å². The lowest BCUT2D eigenvalue weighted by atomic mass is 10.1. The summed E-state index contributed by atoms with van der Waals surface area (Å²) in [4.78, 5) is 30.0. The minimum Gasteiger partial charge on any atom is -0.381 e. The first kappa shape index (κ1) is 24.9. The normalized spacial score (nSPS) is 17.5. The van der Waals surface area contributed by atoms with Crippen molar-refractivity contribution in [2.45, 2.75) is 38.8 Å². The zero-order valence-electron chi connectivity index (χ0n) is 21.4. The molecule has 2 saturated heterocycles. The van der Waals surface area contributed by atoms with Gasteiger partial charge in [0.15, 0.2) is 5.82 Å². The molecule has 1 aromatic carbocycles. The van der Waals surface area contributed by atoms with Gasteiger partial charge in [-0.25, -0.2) is 4.98 Å². The molecule has 0 aliphatic carbocycles. The third kappa shape index (κ3) is 5.64. The number of nitrogens with one attached hydrogen (secondary N) is 3. The third-order valence-electron chi connectivity index (χ3n) is 7.10. The third-order valence-corrected chi connectivity index (χ3v) is 7.10.